The number of nitrogens with zero attached hydrogens (tertiary/aromatic N) is 2. The van der Waals surface area contributed by atoms with E-state index in [9.17, 15) is 0 Å². The summed E-state index contributed by atoms with van der Waals surface area (Å²) in [4.78, 5) is 7.96. The summed E-state index contributed by atoms with van der Waals surface area (Å²) >= 11 is 0. The molecule has 3 nitrogen and oxygen atoms in total. The van der Waals surface area contributed by atoms with Crippen molar-refractivity contribution in [2.75, 3.05) is 0 Å². The average molecular weight is 134 g/mol. The highest BCUT2D eigenvalue weighted by molar-refractivity contribution is 5.71. The van der Waals surface area contributed by atoms with Gasteiger partial charge in [0.05, 0.1) is 0 Å². The number of hydrogen-bond acceptors (Lipinski definition) is 3. The fraction of sp³-hybridized carbons (Fsp3) is 0.143. The molecule has 0 atom stereocenters. The van der Waals surface area contributed by atoms with Gasteiger partial charge < -0.3 is 4.42 Å². The molecule has 0 saturated carbocycles. The molecule has 0 fully saturated rings. The minimum atomic E-state index is 0.611. The average Bonchev–Trinajstić information content (AvgIpc) is 2.36. The molecule has 0 amide bonds. The summed E-state index contributed by atoms with van der Waals surface area (Å²) in [6.45, 7) is 1.98. The van der Waals surface area contributed by atoms with E-state index >= 15 is 0 Å². The third kappa shape index (κ3) is 0.603. The summed E-state index contributed by atoms with van der Waals surface area (Å²) in [7, 11) is 0. The molecule has 0 aliphatic carbocycles. The van der Waals surface area contributed by atoms with Gasteiger partial charge in [-0.05, 0) is 18.6 Å². The van der Waals surface area contributed by atoms with Crippen LogP contribution in [0.3, 0.4) is 0 Å². The second-order valence-corrected chi connectivity index (χ2v) is 2.13. The molecule has 0 bridgehead atoms. The molecule has 0 unspecified atom stereocenters. The highest BCUT2D eigenvalue weighted by Crippen LogP contribution is 2.11. The fourth-order valence-electron chi connectivity index (χ4n) is 0.898. The zero-order valence-corrected chi connectivity index (χ0v) is 5.53. The van der Waals surface area contributed by atoms with E-state index in [0.29, 0.717) is 5.71 Å². The second kappa shape index (κ2) is 1.80. The number of rotatable bonds is 0. The topological polar surface area (TPSA) is 38.9 Å². The summed E-state index contributed by atoms with van der Waals surface area (Å²) in [5.74, 6) is 0. The first kappa shape index (κ1) is 5.41. The number of aromatic nitrogens is 2. The van der Waals surface area contributed by atoms with E-state index in [1.165, 1.54) is 6.39 Å². The Kier molecular flexibility index (Phi) is 0.974. The molecule has 0 aliphatic heterocycles. The van der Waals surface area contributed by atoms with Crippen LogP contribution in [0.2, 0.25) is 0 Å². The molecule has 0 spiro atoms. The van der Waals surface area contributed by atoms with Crippen molar-refractivity contribution in [2.45, 2.75) is 6.92 Å². The van der Waals surface area contributed by atoms with Crippen LogP contribution >= 0.6 is 0 Å². The number of oxazole rings is 1. The van der Waals surface area contributed by atoms with Gasteiger partial charge in [0.2, 0.25) is 5.71 Å². The first-order valence-corrected chi connectivity index (χ1v) is 3.03. The van der Waals surface area contributed by atoms with E-state index in [0.717, 1.165) is 11.1 Å². The van der Waals surface area contributed by atoms with Crippen LogP contribution in [0.4, 0.5) is 0 Å². The third-order valence-electron chi connectivity index (χ3n) is 1.44. The molecule has 2 aromatic heterocycles. The maximum absolute atomic E-state index is 4.98. The molecule has 2 rings (SSSR count). The van der Waals surface area contributed by atoms with Crippen LogP contribution in [0, 0.1) is 6.92 Å². The smallest absolute Gasteiger partial charge is 0.246 e. The van der Waals surface area contributed by atoms with E-state index in [4.69, 9.17) is 4.42 Å². The fourth-order valence-corrected chi connectivity index (χ4v) is 0.898. The molecule has 10 heavy (non-hydrogen) atoms. The monoisotopic (exact) mass is 134 g/mol. The predicted octanol–water partition coefficient (Wildman–Crippen LogP) is 1.53. The zero-order valence-electron chi connectivity index (χ0n) is 5.53. The van der Waals surface area contributed by atoms with Gasteiger partial charge in [0.25, 0.3) is 0 Å². The molecule has 3 heteroatoms. The quantitative estimate of drug-likeness (QED) is 0.548. The van der Waals surface area contributed by atoms with Crippen molar-refractivity contribution >= 4 is 11.2 Å². The number of fused-ring (bicyclic) bond motifs is 1. The van der Waals surface area contributed by atoms with Crippen LogP contribution in [0.5, 0.6) is 0 Å². The zero-order chi connectivity index (χ0) is 6.97. The lowest BCUT2D eigenvalue weighted by molar-refractivity contribution is 0.590. The summed E-state index contributed by atoms with van der Waals surface area (Å²) < 4.78 is 4.98. The van der Waals surface area contributed by atoms with Gasteiger partial charge in [-0.15, -0.1) is 0 Å². The molecule has 0 radical (unpaired) electrons. The first-order chi connectivity index (χ1) is 4.88. The first-order valence-electron chi connectivity index (χ1n) is 3.03. The lowest BCUT2D eigenvalue weighted by Crippen LogP contribution is -1.77. The Balaban J connectivity index is 2.95. The largest absolute Gasteiger partial charge is 0.425 e. The lowest BCUT2D eigenvalue weighted by Gasteiger charge is -1.87. The van der Waals surface area contributed by atoms with Crippen LogP contribution in [-0.2, 0) is 0 Å². The van der Waals surface area contributed by atoms with E-state index in [2.05, 4.69) is 9.97 Å². The Morgan fingerprint density at radius 1 is 1.40 bits per heavy atom. The SMILES string of the molecule is Cc1ccnc2ocnc12. The van der Waals surface area contributed by atoms with Crippen molar-refractivity contribution in [2.24, 2.45) is 0 Å². The van der Waals surface area contributed by atoms with Crippen molar-refractivity contribution in [1.82, 2.24) is 9.97 Å². The van der Waals surface area contributed by atoms with Crippen LogP contribution in [0.15, 0.2) is 23.1 Å². The van der Waals surface area contributed by atoms with Crippen LogP contribution < -0.4 is 0 Å². The van der Waals surface area contributed by atoms with Gasteiger partial charge in [0, 0.05) is 6.20 Å². The van der Waals surface area contributed by atoms with Gasteiger partial charge in [-0.25, -0.2) is 9.97 Å². The highest BCUT2D eigenvalue weighted by atomic mass is 16.3. The molecule has 2 heterocycles. The second-order valence-electron chi connectivity index (χ2n) is 2.13. The van der Waals surface area contributed by atoms with E-state index < -0.39 is 0 Å². The highest BCUT2D eigenvalue weighted by Gasteiger charge is 1.99. The number of pyridine rings is 1. The van der Waals surface area contributed by atoms with E-state index in [1.807, 2.05) is 13.0 Å². The van der Waals surface area contributed by atoms with Gasteiger partial charge in [-0.1, -0.05) is 0 Å². The maximum Gasteiger partial charge on any atom is 0.246 e. The van der Waals surface area contributed by atoms with Gasteiger partial charge in [0.1, 0.15) is 5.52 Å². The minimum absolute atomic E-state index is 0.611. The molecular formula is C7H6N2O. The van der Waals surface area contributed by atoms with Gasteiger partial charge in [0.15, 0.2) is 6.39 Å². The normalized spacial score (nSPS) is 10.5. The molecular weight excluding hydrogens is 128 g/mol. The molecule has 50 valence electrons. The minimum Gasteiger partial charge on any atom is -0.425 e. The van der Waals surface area contributed by atoms with Crippen molar-refractivity contribution < 1.29 is 4.42 Å². The van der Waals surface area contributed by atoms with Gasteiger partial charge in [-0.3, -0.25) is 0 Å². The van der Waals surface area contributed by atoms with Crippen molar-refractivity contribution in [3.63, 3.8) is 0 Å². The van der Waals surface area contributed by atoms with Gasteiger partial charge >= 0.3 is 0 Å². The van der Waals surface area contributed by atoms with Crippen LogP contribution in [0.1, 0.15) is 5.56 Å². The summed E-state index contributed by atoms with van der Waals surface area (Å²) in [6.07, 6.45) is 3.12. The lowest BCUT2D eigenvalue weighted by atomic mass is 10.3. The standard InChI is InChI=1S/C7H6N2O/c1-5-2-3-8-7-6(5)9-4-10-7/h2-4H,1H3. The summed E-state index contributed by atoms with van der Waals surface area (Å²) in [5.41, 5.74) is 2.56. The van der Waals surface area contributed by atoms with E-state index in [-0.39, 0.29) is 0 Å². The molecule has 2 aromatic rings. The third-order valence-corrected chi connectivity index (χ3v) is 1.44. The Bertz CT molecular complexity index is 353. The molecule has 0 aliphatic rings. The van der Waals surface area contributed by atoms with Crippen molar-refractivity contribution in [1.29, 1.82) is 0 Å². The molecule has 0 N–H and O–H groups in total. The molecule has 0 aromatic carbocycles. The predicted molar refractivity (Wildman–Crippen MR) is 36.5 cm³/mol. The Morgan fingerprint density at radius 2 is 2.30 bits per heavy atom. The Hall–Kier alpha value is -1.38. The van der Waals surface area contributed by atoms with E-state index in [1.54, 1.807) is 6.20 Å². The Labute approximate surface area is 57.7 Å². The number of aryl methyl sites for hydroxylation is 1. The van der Waals surface area contributed by atoms with Crippen LogP contribution in [0.25, 0.3) is 11.2 Å². The van der Waals surface area contributed by atoms with Gasteiger partial charge in [-0.2, -0.15) is 0 Å². The Morgan fingerprint density at radius 3 is 3.10 bits per heavy atom. The van der Waals surface area contributed by atoms with Crippen molar-refractivity contribution in [3.8, 4) is 0 Å². The van der Waals surface area contributed by atoms with Crippen LogP contribution in [-0.4, -0.2) is 9.97 Å². The summed E-state index contributed by atoms with van der Waals surface area (Å²) in [5, 5.41) is 0. The number of hydrogen-bond donors (Lipinski definition) is 0. The van der Waals surface area contributed by atoms with Crippen molar-refractivity contribution in [3.05, 3.63) is 24.2 Å². The summed E-state index contributed by atoms with van der Waals surface area (Å²) in [6, 6.07) is 1.91. The molecule has 0 saturated heterocycles. The maximum atomic E-state index is 4.98.